The van der Waals surface area contributed by atoms with Gasteiger partial charge in [0.05, 0.1) is 0 Å². The SMILES string of the molecule is CCCCO[C@@H]1Cc2c(O)cc(O)cc2O[C@@H]1c1ccc(O)c(O)c1. The third-order valence-corrected chi connectivity index (χ3v) is 4.32. The number of aromatic hydroxyl groups is 4. The zero-order valence-electron chi connectivity index (χ0n) is 14.0. The van der Waals surface area contributed by atoms with E-state index in [1.54, 1.807) is 6.07 Å². The van der Waals surface area contributed by atoms with Crippen LogP contribution in [-0.2, 0) is 11.2 Å². The van der Waals surface area contributed by atoms with Crippen molar-refractivity contribution in [1.82, 2.24) is 0 Å². The molecule has 2 aromatic carbocycles. The lowest BCUT2D eigenvalue weighted by Gasteiger charge is -2.34. The van der Waals surface area contributed by atoms with E-state index in [9.17, 15) is 20.4 Å². The van der Waals surface area contributed by atoms with Crippen LogP contribution in [0.4, 0.5) is 0 Å². The summed E-state index contributed by atoms with van der Waals surface area (Å²) >= 11 is 0. The number of benzene rings is 2. The van der Waals surface area contributed by atoms with E-state index in [2.05, 4.69) is 6.92 Å². The molecule has 6 nitrogen and oxygen atoms in total. The van der Waals surface area contributed by atoms with E-state index in [-0.39, 0.29) is 29.1 Å². The van der Waals surface area contributed by atoms with Crippen LogP contribution in [0.2, 0.25) is 0 Å². The van der Waals surface area contributed by atoms with Gasteiger partial charge in [-0.15, -0.1) is 0 Å². The first-order valence-electron chi connectivity index (χ1n) is 8.34. The predicted molar refractivity (Wildman–Crippen MR) is 91.3 cm³/mol. The number of ether oxygens (including phenoxy) is 2. The van der Waals surface area contributed by atoms with E-state index in [1.807, 2.05) is 0 Å². The highest BCUT2D eigenvalue weighted by atomic mass is 16.5. The van der Waals surface area contributed by atoms with Gasteiger partial charge in [-0.3, -0.25) is 0 Å². The second kappa shape index (κ2) is 7.11. The molecule has 25 heavy (non-hydrogen) atoms. The summed E-state index contributed by atoms with van der Waals surface area (Å²) in [7, 11) is 0. The zero-order chi connectivity index (χ0) is 18.0. The fraction of sp³-hybridized carbons (Fsp3) is 0.368. The Hall–Kier alpha value is -2.60. The Morgan fingerprint density at radius 2 is 1.84 bits per heavy atom. The summed E-state index contributed by atoms with van der Waals surface area (Å²) in [5.74, 6) is -0.193. The molecule has 0 saturated carbocycles. The van der Waals surface area contributed by atoms with Crippen molar-refractivity contribution in [3.05, 3.63) is 41.5 Å². The Balaban J connectivity index is 1.95. The molecule has 1 heterocycles. The molecule has 0 aliphatic carbocycles. The van der Waals surface area contributed by atoms with Crippen LogP contribution in [0.5, 0.6) is 28.7 Å². The highest BCUT2D eigenvalue weighted by molar-refractivity contribution is 5.52. The summed E-state index contributed by atoms with van der Waals surface area (Å²) in [5.41, 5.74) is 1.23. The molecule has 0 amide bonds. The lowest BCUT2D eigenvalue weighted by Crippen LogP contribution is -2.33. The molecule has 0 radical (unpaired) electrons. The van der Waals surface area contributed by atoms with Gasteiger partial charge in [0, 0.05) is 30.7 Å². The normalized spacial score (nSPS) is 19.2. The van der Waals surface area contributed by atoms with Crippen molar-refractivity contribution in [2.75, 3.05) is 6.61 Å². The second-order valence-electron chi connectivity index (χ2n) is 6.20. The monoisotopic (exact) mass is 346 g/mol. The molecule has 0 bridgehead atoms. The van der Waals surface area contributed by atoms with Crippen molar-refractivity contribution in [2.24, 2.45) is 0 Å². The topological polar surface area (TPSA) is 99.4 Å². The first kappa shape index (κ1) is 17.2. The van der Waals surface area contributed by atoms with Gasteiger partial charge in [0.1, 0.15) is 23.4 Å². The van der Waals surface area contributed by atoms with E-state index in [4.69, 9.17) is 9.47 Å². The number of phenols is 4. The fourth-order valence-electron chi connectivity index (χ4n) is 2.97. The molecule has 6 heteroatoms. The molecule has 1 aliphatic heterocycles. The average Bonchev–Trinajstić information content (AvgIpc) is 2.57. The van der Waals surface area contributed by atoms with Crippen LogP contribution in [0, 0.1) is 0 Å². The molecule has 4 N–H and O–H groups in total. The fourth-order valence-corrected chi connectivity index (χ4v) is 2.97. The molecule has 0 aromatic heterocycles. The standard InChI is InChI=1S/C19H22O6/c1-2-3-6-24-18-10-13-15(22)8-12(20)9-17(13)25-19(18)11-4-5-14(21)16(23)7-11/h4-5,7-9,18-23H,2-3,6,10H2,1H3/t18-,19-/m1/s1. The molecule has 0 spiro atoms. The molecule has 134 valence electrons. The molecule has 0 fully saturated rings. The third-order valence-electron chi connectivity index (χ3n) is 4.32. The van der Waals surface area contributed by atoms with Gasteiger partial charge < -0.3 is 29.9 Å². The molecular weight excluding hydrogens is 324 g/mol. The van der Waals surface area contributed by atoms with Crippen molar-refractivity contribution >= 4 is 0 Å². The molecule has 2 atom stereocenters. The lowest BCUT2D eigenvalue weighted by molar-refractivity contribution is -0.0390. The maximum absolute atomic E-state index is 10.1. The van der Waals surface area contributed by atoms with Gasteiger partial charge in [0.2, 0.25) is 0 Å². The third kappa shape index (κ3) is 3.58. The van der Waals surface area contributed by atoms with E-state index in [1.165, 1.54) is 24.3 Å². The molecule has 0 saturated heterocycles. The summed E-state index contributed by atoms with van der Waals surface area (Å²) in [6.07, 6.45) is 1.42. The van der Waals surface area contributed by atoms with Gasteiger partial charge >= 0.3 is 0 Å². The van der Waals surface area contributed by atoms with E-state index >= 15 is 0 Å². The Morgan fingerprint density at radius 1 is 1.04 bits per heavy atom. The largest absolute Gasteiger partial charge is 0.508 e. The van der Waals surface area contributed by atoms with Crippen LogP contribution >= 0.6 is 0 Å². The molecule has 0 unspecified atom stereocenters. The minimum Gasteiger partial charge on any atom is -0.508 e. The summed E-state index contributed by atoms with van der Waals surface area (Å²) in [6.45, 7) is 2.62. The first-order chi connectivity index (χ1) is 12.0. The predicted octanol–water partition coefficient (Wildman–Crippen LogP) is 3.37. The van der Waals surface area contributed by atoms with Crippen LogP contribution in [0.1, 0.15) is 37.0 Å². The molecule has 3 rings (SSSR count). The highest BCUT2D eigenvalue weighted by Crippen LogP contribution is 2.43. The first-order valence-corrected chi connectivity index (χ1v) is 8.34. The summed E-state index contributed by atoms with van der Waals surface area (Å²) in [6, 6.07) is 7.21. The summed E-state index contributed by atoms with van der Waals surface area (Å²) in [5, 5.41) is 39.1. The van der Waals surface area contributed by atoms with Gasteiger partial charge in [0.25, 0.3) is 0 Å². The Morgan fingerprint density at radius 3 is 2.56 bits per heavy atom. The Labute approximate surface area is 145 Å². The average molecular weight is 346 g/mol. The van der Waals surface area contributed by atoms with Crippen LogP contribution in [-0.4, -0.2) is 33.1 Å². The smallest absolute Gasteiger partial charge is 0.157 e. The quantitative estimate of drug-likeness (QED) is 0.489. The number of rotatable bonds is 5. The van der Waals surface area contributed by atoms with Crippen LogP contribution in [0.15, 0.2) is 30.3 Å². The van der Waals surface area contributed by atoms with Crippen molar-refractivity contribution in [3.8, 4) is 28.7 Å². The lowest BCUT2D eigenvalue weighted by atomic mass is 9.93. The Kier molecular flexibility index (Phi) is 4.90. The number of unbranched alkanes of at least 4 members (excludes halogenated alkanes) is 1. The van der Waals surface area contributed by atoms with Crippen LogP contribution in [0.25, 0.3) is 0 Å². The van der Waals surface area contributed by atoms with E-state index < -0.39 is 6.10 Å². The number of hydrogen-bond acceptors (Lipinski definition) is 6. The highest BCUT2D eigenvalue weighted by Gasteiger charge is 2.34. The van der Waals surface area contributed by atoms with Gasteiger partial charge in [-0.05, 0) is 24.1 Å². The van der Waals surface area contributed by atoms with Crippen molar-refractivity contribution in [2.45, 2.75) is 38.4 Å². The minimum absolute atomic E-state index is 0.0360. The van der Waals surface area contributed by atoms with Gasteiger partial charge in [-0.1, -0.05) is 19.4 Å². The van der Waals surface area contributed by atoms with Crippen LogP contribution in [0.3, 0.4) is 0 Å². The van der Waals surface area contributed by atoms with Crippen molar-refractivity contribution < 1.29 is 29.9 Å². The van der Waals surface area contributed by atoms with Gasteiger partial charge in [-0.25, -0.2) is 0 Å². The molecule has 1 aliphatic rings. The number of hydrogen-bond donors (Lipinski definition) is 4. The second-order valence-corrected chi connectivity index (χ2v) is 6.20. The number of phenolic OH excluding ortho intramolecular Hbond substituents is 4. The van der Waals surface area contributed by atoms with Crippen molar-refractivity contribution in [3.63, 3.8) is 0 Å². The van der Waals surface area contributed by atoms with E-state index in [0.717, 1.165) is 12.8 Å². The summed E-state index contributed by atoms with van der Waals surface area (Å²) in [4.78, 5) is 0. The number of fused-ring (bicyclic) bond motifs is 1. The maximum atomic E-state index is 10.1. The van der Waals surface area contributed by atoms with Crippen molar-refractivity contribution in [1.29, 1.82) is 0 Å². The van der Waals surface area contributed by atoms with E-state index in [0.29, 0.717) is 29.9 Å². The maximum Gasteiger partial charge on any atom is 0.157 e. The van der Waals surface area contributed by atoms with Gasteiger partial charge in [-0.2, -0.15) is 0 Å². The zero-order valence-corrected chi connectivity index (χ0v) is 14.0. The summed E-state index contributed by atoms with van der Waals surface area (Å²) < 4.78 is 11.9. The molecular formula is C19H22O6. The minimum atomic E-state index is -0.531. The molecule has 2 aromatic rings. The Bertz CT molecular complexity index is 758. The van der Waals surface area contributed by atoms with Gasteiger partial charge in [0.15, 0.2) is 17.6 Å². The van der Waals surface area contributed by atoms with Crippen LogP contribution < -0.4 is 4.74 Å².